The van der Waals surface area contributed by atoms with Crippen LogP contribution in [0.3, 0.4) is 0 Å². The third kappa shape index (κ3) is 3.22. The number of nitrogens with two attached hydrogens (primary N) is 1. The Morgan fingerprint density at radius 3 is 2.71 bits per heavy atom. The number of anilines is 2. The molecular formula is C14H25N5O2. The summed E-state index contributed by atoms with van der Waals surface area (Å²) in [5.74, 6) is 1.24. The minimum atomic E-state index is -0.860. The van der Waals surface area contributed by atoms with Gasteiger partial charge in [0.15, 0.2) is 0 Å². The molecule has 1 amide bonds. The molecule has 1 fully saturated rings. The van der Waals surface area contributed by atoms with Crippen molar-refractivity contribution in [1.82, 2.24) is 14.7 Å². The second kappa shape index (κ2) is 5.46. The molecule has 0 bridgehead atoms. The predicted octanol–water partition coefficient (Wildman–Crippen LogP) is 1.61. The number of hydrogen-bond donors (Lipinski definition) is 2. The Labute approximate surface area is 125 Å². The van der Waals surface area contributed by atoms with Crippen LogP contribution in [-0.4, -0.2) is 51.1 Å². The number of nitrogen functional groups attached to an aromatic ring is 1. The van der Waals surface area contributed by atoms with E-state index < -0.39 is 6.09 Å². The largest absolute Gasteiger partial charge is 0.465 e. The van der Waals surface area contributed by atoms with Gasteiger partial charge in [0.25, 0.3) is 0 Å². The van der Waals surface area contributed by atoms with Gasteiger partial charge in [-0.15, -0.1) is 0 Å². The lowest BCUT2D eigenvalue weighted by molar-refractivity contribution is 0.0908. The molecule has 0 aromatic carbocycles. The molecule has 7 nitrogen and oxygen atoms in total. The molecule has 1 aromatic heterocycles. The summed E-state index contributed by atoms with van der Waals surface area (Å²) in [5, 5.41) is 13.5. The van der Waals surface area contributed by atoms with Crippen molar-refractivity contribution in [3.63, 3.8) is 0 Å². The number of aryl methyl sites for hydroxylation is 1. The van der Waals surface area contributed by atoms with Gasteiger partial charge in [-0.25, -0.2) is 4.79 Å². The molecule has 1 saturated heterocycles. The summed E-state index contributed by atoms with van der Waals surface area (Å²) in [6.45, 7) is 8.01. The number of carbonyl (C=O) groups is 1. The van der Waals surface area contributed by atoms with E-state index in [9.17, 15) is 9.90 Å². The van der Waals surface area contributed by atoms with E-state index in [0.717, 1.165) is 25.3 Å². The normalized spacial score (nSPS) is 19.0. The fraction of sp³-hybridized carbons (Fsp3) is 0.714. The number of nitrogens with zero attached hydrogens (tertiary/aromatic N) is 4. The Bertz CT molecular complexity index is 500. The van der Waals surface area contributed by atoms with Crippen LogP contribution in [-0.2, 0) is 7.05 Å². The molecule has 1 aromatic rings. The van der Waals surface area contributed by atoms with E-state index in [1.54, 1.807) is 10.9 Å². The first kappa shape index (κ1) is 15.5. The lowest BCUT2D eigenvalue weighted by Gasteiger charge is -2.35. The van der Waals surface area contributed by atoms with Crippen molar-refractivity contribution in [2.45, 2.75) is 32.7 Å². The molecule has 1 atom stereocenters. The Kier molecular flexibility index (Phi) is 4.02. The number of rotatable bonds is 3. The van der Waals surface area contributed by atoms with Crippen molar-refractivity contribution < 1.29 is 9.90 Å². The molecule has 118 valence electrons. The third-order valence-electron chi connectivity index (χ3n) is 4.00. The van der Waals surface area contributed by atoms with Gasteiger partial charge in [-0.2, -0.15) is 5.10 Å². The van der Waals surface area contributed by atoms with Crippen LogP contribution in [0.5, 0.6) is 0 Å². The van der Waals surface area contributed by atoms with Crippen LogP contribution in [0.1, 0.15) is 27.2 Å². The first-order valence-electron chi connectivity index (χ1n) is 7.23. The summed E-state index contributed by atoms with van der Waals surface area (Å²) < 4.78 is 1.77. The van der Waals surface area contributed by atoms with Gasteiger partial charge in [0.05, 0.1) is 11.9 Å². The van der Waals surface area contributed by atoms with Crippen molar-refractivity contribution in [2.24, 2.45) is 13.0 Å². The summed E-state index contributed by atoms with van der Waals surface area (Å²) in [6.07, 6.45) is 1.76. The van der Waals surface area contributed by atoms with E-state index in [2.05, 4.69) is 10.00 Å². The third-order valence-corrected chi connectivity index (χ3v) is 4.00. The average molecular weight is 295 g/mol. The molecule has 1 aliphatic heterocycles. The highest BCUT2D eigenvalue weighted by Gasteiger charge is 2.33. The van der Waals surface area contributed by atoms with Crippen LogP contribution >= 0.6 is 0 Å². The highest BCUT2D eigenvalue weighted by molar-refractivity contribution is 5.66. The van der Waals surface area contributed by atoms with E-state index >= 15 is 0 Å². The maximum Gasteiger partial charge on any atom is 0.407 e. The molecule has 7 heteroatoms. The van der Waals surface area contributed by atoms with Crippen molar-refractivity contribution in [3.8, 4) is 0 Å². The fourth-order valence-electron chi connectivity index (χ4n) is 2.91. The quantitative estimate of drug-likeness (QED) is 0.884. The summed E-state index contributed by atoms with van der Waals surface area (Å²) in [6, 6.07) is 0. The van der Waals surface area contributed by atoms with Crippen LogP contribution in [0.2, 0.25) is 0 Å². The van der Waals surface area contributed by atoms with E-state index in [4.69, 9.17) is 5.73 Å². The van der Waals surface area contributed by atoms with E-state index in [-0.39, 0.29) is 5.54 Å². The van der Waals surface area contributed by atoms with Crippen molar-refractivity contribution in [1.29, 1.82) is 0 Å². The van der Waals surface area contributed by atoms with Gasteiger partial charge >= 0.3 is 6.09 Å². The Hall–Kier alpha value is -1.92. The average Bonchev–Trinajstić information content (AvgIpc) is 2.91. The number of hydrogen-bond acceptors (Lipinski definition) is 4. The fourth-order valence-corrected chi connectivity index (χ4v) is 2.91. The molecular weight excluding hydrogens is 270 g/mol. The number of carboxylic acid groups (broad SMARTS) is 1. The predicted molar refractivity (Wildman–Crippen MR) is 82.4 cm³/mol. The Morgan fingerprint density at radius 1 is 1.57 bits per heavy atom. The van der Waals surface area contributed by atoms with Crippen LogP contribution in [0, 0.1) is 5.92 Å². The van der Waals surface area contributed by atoms with Crippen LogP contribution in [0.15, 0.2) is 6.20 Å². The molecule has 1 unspecified atom stereocenters. The second-order valence-electron chi connectivity index (χ2n) is 6.71. The first-order chi connectivity index (χ1) is 9.70. The van der Waals surface area contributed by atoms with Crippen LogP contribution in [0.4, 0.5) is 16.3 Å². The van der Waals surface area contributed by atoms with Gasteiger partial charge in [-0.1, -0.05) is 0 Å². The zero-order valence-electron chi connectivity index (χ0n) is 13.2. The number of amides is 1. The van der Waals surface area contributed by atoms with E-state index in [1.807, 2.05) is 27.8 Å². The second-order valence-corrected chi connectivity index (χ2v) is 6.71. The van der Waals surface area contributed by atoms with Gasteiger partial charge in [-0.3, -0.25) is 4.68 Å². The van der Waals surface area contributed by atoms with Gasteiger partial charge in [0, 0.05) is 32.2 Å². The Morgan fingerprint density at radius 2 is 2.24 bits per heavy atom. The molecule has 0 spiro atoms. The maximum absolute atomic E-state index is 11.4. The molecule has 1 aliphatic rings. The van der Waals surface area contributed by atoms with Crippen molar-refractivity contribution >= 4 is 17.6 Å². The minimum absolute atomic E-state index is 0.314. The molecule has 0 aliphatic carbocycles. The van der Waals surface area contributed by atoms with E-state index in [0.29, 0.717) is 18.2 Å². The molecule has 0 saturated carbocycles. The zero-order valence-corrected chi connectivity index (χ0v) is 13.2. The van der Waals surface area contributed by atoms with Crippen molar-refractivity contribution in [2.75, 3.05) is 30.3 Å². The minimum Gasteiger partial charge on any atom is -0.465 e. The molecule has 2 rings (SSSR count). The molecule has 0 radical (unpaired) electrons. The van der Waals surface area contributed by atoms with Crippen LogP contribution < -0.4 is 10.6 Å². The van der Waals surface area contributed by atoms with E-state index in [1.165, 1.54) is 4.90 Å². The summed E-state index contributed by atoms with van der Waals surface area (Å²) in [7, 11) is 1.87. The molecule has 3 N–H and O–H groups in total. The van der Waals surface area contributed by atoms with Crippen LogP contribution in [0.25, 0.3) is 0 Å². The maximum atomic E-state index is 11.4. The lowest BCUT2D eigenvalue weighted by Crippen LogP contribution is -2.47. The van der Waals surface area contributed by atoms with Gasteiger partial charge in [0.1, 0.15) is 5.82 Å². The molecule has 21 heavy (non-hydrogen) atoms. The zero-order chi connectivity index (χ0) is 15.8. The SMILES string of the molecule is Cn1ncc(N)c1N1CCC(CN(C(=O)O)C(C)(C)C)C1. The summed E-state index contributed by atoms with van der Waals surface area (Å²) in [5.41, 5.74) is 6.24. The standard InChI is InChI=1S/C14H25N5O2/c1-14(2,3)19(13(20)21)9-10-5-6-18(8-10)12-11(15)7-16-17(12)4/h7,10H,5-6,8-9,15H2,1-4H3,(H,20,21). The van der Waals surface area contributed by atoms with Gasteiger partial charge < -0.3 is 20.6 Å². The highest BCUT2D eigenvalue weighted by Crippen LogP contribution is 2.29. The van der Waals surface area contributed by atoms with Gasteiger partial charge in [0.2, 0.25) is 0 Å². The number of aromatic nitrogens is 2. The van der Waals surface area contributed by atoms with Crippen molar-refractivity contribution in [3.05, 3.63) is 6.20 Å². The Balaban J connectivity index is 2.04. The summed E-state index contributed by atoms with van der Waals surface area (Å²) >= 11 is 0. The summed E-state index contributed by atoms with van der Waals surface area (Å²) in [4.78, 5) is 15.1. The molecule has 2 heterocycles. The van der Waals surface area contributed by atoms with Gasteiger partial charge in [-0.05, 0) is 33.1 Å². The first-order valence-corrected chi connectivity index (χ1v) is 7.23. The monoisotopic (exact) mass is 295 g/mol. The lowest BCUT2D eigenvalue weighted by atomic mass is 10.0. The smallest absolute Gasteiger partial charge is 0.407 e. The highest BCUT2D eigenvalue weighted by atomic mass is 16.4. The topological polar surface area (TPSA) is 87.6 Å².